The van der Waals surface area contributed by atoms with E-state index in [-0.39, 0.29) is 24.7 Å². The zero-order chi connectivity index (χ0) is 19.7. The fraction of sp³-hybridized carbons (Fsp3) is 0.294. The van der Waals surface area contributed by atoms with Gasteiger partial charge in [-0.05, 0) is 24.6 Å². The van der Waals surface area contributed by atoms with Crippen molar-refractivity contribution in [1.29, 1.82) is 0 Å². The number of halogens is 2. The van der Waals surface area contributed by atoms with Crippen molar-refractivity contribution in [2.45, 2.75) is 26.0 Å². The van der Waals surface area contributed by atoms with Gasteiger partial charge in [0, 0.05) is 25.2 Å². The summed E-state index contributed by atoms with van der Waals surface area (Å²) in [5.74, 6) is 0.331. The van der Waals surface area contributed by atoms with Gasteiger partial charge in [-0.3, -0.25) is 9.36 Å². The number of rotatable bonds is 5. The molecule has 1 aromatic carbocycles. The van der Waals surface area contributed by atoms with Gasteiger partial charge in [0.1, 0.15) is 6.54 Å². The van der Waals surface area contributed by atoms with Gasteiger partial charge in [0.2, 0.25) is 5.89 Å². The average molecular weight is 411 g/mol. The molecule has 0 saturated heterocycles. The lowest BCUT2D eigenvalue weighted by Crippen LogP contribution is -2.40. The van der Waals surface area contributed by atoms with Gasteiger partial charge in [0.25, 0.3) is 5.56 Å². The Morgan fingerprint density at radius 3 is 2.70 bits per heavy atom. The molecule has 0 amide bonds. The summed E-state index contributed by atoms with van der Waals surface area (Å²) in [4.78, 5) is 28.5. The van der Waals surface area contributed by atoms with Crippen molar-refractivity contribution in [2.24, 2.45) is 7.05 Å². The molecule has 1 N–H and O–H groups in total. The lowest BCUT2D eigenvalue weighted by molar-refractivity contribution is 0.174. The molecule has 0 radical (unpaired) electrons. The van der Waals surface area contributed by atoms with Crippen molar-refractivity contribution in [3.8, 4) is 0 Å². The minimum Gasteiger partial charge on any atom is -0.388 e. The lowest BCUT2D eigenvalue weighted by atomic mass is 10.1. The maximum atomic E-state index is 12.2. The van der Waals surface area contributed by atoms with E-state index in [0.29, 0.717) is 21.2 Å². The van der Waals surface area contributed by atoms with Crippen LogP contribution in [0.25, 0.3) is 0 Å². The van der Waals surface area contributed by atoms with E-state index in [4.69, 9.17) is 27.7 Å². The first kappa shape index (κ1) is 19.3. The van der Waals surface area contributed by atoms with Gasteiger partial charge >= 0.3 is 5.69 Å². The van der Waals surface area contributed by atoms with E-state index in [1.807, 2.05) is 0 Å². The molecule has 0 aliphatic rings. The number of hydrogen-bond donors (Lipinski definition) is 1. The number of aromatic nitrogens is 4. The van der Waals surface area contributed by atoms with E-state index in [9.17, 15) is 14.7 Å². The molecule has 0 unspecified atom stereocenters. The Labute approximate surface area is 163 Å². The van der Waals surface area contributed by atoms with E-state index in [1.165, 1.54) is 10.8 Å². The molecular formula is C17H16Cl2N4O4. The summed E-state index contributed by atoms with van der Waals surface area (Å²) in [6.45, 7) is 1.47. The second kappa shape index (κ2) is 7.67. The third-order valence-corrected chi connectivity index (χ3v) is 4.75. The van der Waals surface area contributed by atoms with Crippen molar-refractivity contribution < 1.29 is 9.63 Å². The third-order valence-electron chi connectivity index (χ3n) is 4.01. The fourth-order valence-corrected chi connectivity index (χ4v) is 2.92. The Morgan fingerprint density at radius 1 is 1.26 bits per heavy atom. The summed E-state index contributed by atoms with van der Waals surface area (Å²) in [6.07, 6.45) is 0.621. The van der Waals surface area contributed by atoms with Gasteiger partial charge < -0.3 is 14.2 Å². The van der Waals surface area contributed by atoms with Crippen LogP contribution in [0, 0.1) is 6.92 Å². The quantitative estimate of drug-likeness (QED) is 0.688. The van der Waals surface area contributed by atoms with Crippen LogP contribution in [0.15, 0.2) is 38.5 Å². The largest absolute Gasteiger partial charge is 0.388 e. The summed E-state index contributed by atoms with van der Waals surface area (Å²) in [5, 5.41) is 14.8. The van der Waals surface area contributed by atoms with Crippen molar-refractivity contribution in [3.63, 3.8) is 0 Å². The minimum atomic E-state index is -0.917. The molecule has 0 aliphatic carbocycles. The van der Waals surface area contributed by atoms with Gasteiger partial charge in [-0.1, -0.05) is 34.4 Å². The highest BCUT2D eigenvalue weighted by atomic mass is 35.5. The van der Waals surface area contributed by atoms with Crippen molar-refractivity contribution in [2.75, 3.05) is 0 Å². The van der Waals surface area contributed by atoms with Crippen LogP contribution in [0.2, 0.25) is 10.0 Å². The van der Waals surface area contributed by atoms with Crippen LogP contribution in [0.4, 0.5) is 0 Å². The standard InChI is InChI=1S/C17H16Cl2N4O4/c1-9-7-22(2)17(26)23(16(9)25)8-15-20-14(21-27-15)6-13(24)10-3-4-11(18)12(19)5-10/h3-5,7,13,24H,6,8H2,1-2H3/t13-/m0/s1. The molecule has 0 spiro atoms. The highest BCUT2D eigenvalue weighted by Gasteiger charge is 2.16. The minimum absolute atomic E-state index is 0.0716. The molecule has 0 saturated carbocycles. The van der Waals surface area contributed by atoms with Gasteiger partial charge in [0.05, 0.1) is 16.1 Å². The first-order valence-electron chi connectivity index (χ1n) is 7.98. The fourth-order valence-electron chi connectivity index (χ4n) is 2.61. The Hall–Kier alpha value is -2.42. The van der Waals surface area contributed by atoms with Crippen LogP contribution >= 0.6 is 23.2 Å². The monoisotopic (exact) mass is 410 g/mol. The summed E-state index contributed by atoms with van der Waals surface area (Å²) >= 11 is 11.8. The molecule has 0 fully saturated rings. The maximum absolute atomic E-state index is 12.2. The predicted molar refractivity (Wildman–Crippen MR) is 99.2 cm³/mol. The summed E-state index contributed by atoms with van der Waals surface area (Å²) < 4.78 is 7.43. The predicted octanol–water partition coefficient (Wildman–Crippen LogP) is 1.87. The number of aryl methyl sites for hydroxylation is 2. The molecule has 3 aromatic rings. The van der Waals surface area contributed by atoms with E-state index in [1.54, 1.807) is 32.2 Å². The summed E-state index contributed by atoms with van der Waals surface area (Å²) in [7, 11) is 1.55. The van der Waals surface area contributed by atoms with Crippen molar-refractivity contribution in [1.82, 2.24) is 19.3 Å². The zero-order valence-corrected chi connectivity index (χ0v) is 16.0. The number of aliphatic hydroxyl groups is 1. The second-order valence-electron chi connectivity index (χ2n) is 6.09. The SMILES string of the molecule is Cc1cn(C)c(=O)n(Cc2nc(C[C@H](O)c3ccc(Cl)c(Cl)c3)no2)c1=O. The molecule has 142 valence electrons. The topological polar surface area (TPSA) is 103 Å². The van der Waals surface area contributed by atoms with Gasteiger partial charge in [-0.25, -0.2) is 4.79 Å². The highest BCUT2D eigenvalue weighted by Crippen LogP contribution is 2.26. The van der Waals surface area contributed by atoms with Crippen LogP contribution < -0.4 is 11.2 Å². The van der Waals surface area contributed by atoms with Crippen LogP contribution in [0.1, 0.15) is 28.9 Å². The van der Waals surface area contributed by atoms with E-state index < -0.39 is 17.4 Å². The molecule has 3 rings (SSSR count). The Balaban J connectivity index is 1.79. The number of benzene rings is 1. The molecule has 2 aromatic heterocycles. The molecule has 8 nitrogen and oxygen atoms in total. The van der Waals surface area contributed by atoms with Crippen molar-refractivity contribution >= 4 is 23.2 Å². The third kappa shape index (κ3) is 4.13. The lowest BCUT2D eigenvalue weighted by Gasteiger charge is -2.09. The Kier molecular flexibility index (Phi) is 5.50. The van der Waals surface area contributed by atoms with Crippen molar-refractivity contribution in [3.05, 3.63) is 78.1 Å². The maximum Gasteiger partial charge on any atom is 0.331 e. The molecule has 27 heavy (non-hydrogen) atoms. The van der Waals surface area contributed by atoms with Crippen LogP contribution in [0.3, 0.4) is 0 Å². The number of nitrogens with zero attached hydrogens (tertiary/aromatic N) is 4. The van der Waals surface area contributed by atoms with Crippen LogP contribution in [-0.2, 0) is 20.0 Å². The molecule has 1 atom stereocenters. The van der Waals surface area contributed by atoms with Gasteiger partial charge in [0.15, 0.2) is 5.82 Å². The Bertz CT molecular complexity index is 1070. The molecule has 10 heteroatoms. The molecular weight excluding hydrogens is 395 g/mol. The van der Waals surface area contributed by atoms with Crippen LogP contribution in [-0.4, -0.2) is 24.4 Å². The molecule has 2 heterocycles. The van der Waals surface area contributed by atoms with Gasteiger partial charge in [-0.15, -0.1) is 0 Å². The second-order valence-corrected chi connectivity index (χ2v) is 6.91. The van der Waals surface area contributed by atoms with E-state index >= 15 is 0 Å². The molecule has 0 bridgehead atoms. The number of aliphatic hydroxyl groups excluding tert-OH is 1. The number of hydrogen-bond acceptors (Lipinski definition) is 6. The normalized spacial score (nSPS) is 12.3. The van der Waals surface area contributed by atoms with E-state index in [0.717, 1.165) is 4.57 Å². The summed E-state index contributed by atoms with van der Waals surface area (Å²) in [5.41, 5.74) is 0.0706. The van der Waals surface area contributed by atoms with Gasteiger partial charge in [-0.2, -0.15) is 4.98 Å². The summed E-state index contributed by atoms with van der Waals surface area (Å²) in [6, 6.07) is 4.80. The van der Waals surface area contributed by atoms with E-state index in [2.05, 4.69) is 10.1 Å². The first-order chi connectivity index (χ1) is 12.8. The zero-order valence-electron chi connectivity index (χ0n) is 14.5. The smallest absolute Gasteiger partial charge is 0.331 e. The highest BCUT2D eigenvalue weighted by molar-refractivity contribution is 6.42. The molecule has 0 aliphatic heterocycles. The van der Waals surface area contributed by atoms with Crippen LogP contribution in [0.5, 0.6) is 0 Å². The first-order valence-corrected chi connectivity index (χ1v) is 8.73. The Morgan fingerprint density at radius 2 is 2.00 bits per heavy atom. The average Bonchev–Trinajstić information content (AvgIpc) is 3.06.